The molecule has 0 spiro atoms. The van der Waals surface area contributed by atoms with Crippen LogP contribution in [-0.4, -0.2) is 21.0 Å². The normalized spacial score (nSPS) is 14.9. The van der Waals surface area contributed by atoms with Crippen molar-refractivity contribution in [2.24, 2.45) is 0 Å². The van der Waals surface area contributed by atoms with Gasteiger partial charge in [-0.2, -0.15) is 4.98 Å². The fourth-order valence-corrected chi connectivity index (χ4v) is 3.19. The van der Waals surface area contributed by atoms with Crippen molar-refractivity contribution in [1.29, 1.82) is 0 Å². The largest absolute Gasteiger partial charge is 0.383 e. The fraction of sp³-hybridized carbons (Fsp3) is 0.500. The van der Waals surface area contributed by atoms with Crippen LogP contribution in [0.1, 0.15) is 49.1 Å². The molecule has 0 aliphatic heterocycles. The molecular weight excluding hydrogens is 322 g/mol. The molecule has 0 amide bonds. The zero-order valence-electron chi connectivity index (χ0n) is 14.4. The molecule has 0 aromatic carbocycles. The molecule has 0 radical (unpaired) electrons. The molecule has 3 rings (SSSR count). The maximum absolute atomic E-state index is 6.09. The summed E-state index contributed by atoms with van der Waals surface area (Å²) in [6.07, 6.45) is 8.06. The molecule has 5 nitrogen and oxygen atoms in total. The Labute approximate surface area is 150 Å². The average molecular weight is 348 g/mol. The van der Waals surface area contributed by atoms with E-state index in [2.05, 4.69) is 20.9 Å². The molecular formula is C18H26ClN5. The van der Waals surface area contributed by atoms with Crippen LogP contribution in [0.4, 0.5) is 11.8 Å². The van der Waals surface area contributed by atoms with Gasteiger partial charge in [0.25, 0.3) is 0 Å². The molecule has 0 saturated heterocycles. The number of hydrogen-bond acceptors (Lipinski definition) is 5. The second-order valence-corrected chi connectivity index (χ2v) is 6.36. The van der Waals surface area contributed by atoms with E-state index >= 15 is 0 Å². The maximum Gasteiger partial charge on any atom is 0.228 e. The van der Waals surface area contributed by atoms with Crippen LogP contribution in [0.5, 0.6) is 0 Å². The van der Waals surface area contributed by atoms with E-state index in [1.165, 1.54) is 32.1 Å². The van der Waals surface area contributed by atoms with Gasteiger partial charge in [0.2, 0.25) is 5.95 Å². The zero-order valence-corrected chi connectivity index (χ0v) is 15.2. The molecule has 0 bridgehead atoms. The van der Waals surface area contributed by atoms with Gasteiger partial charge < -0.3 is 10.6 Å². The Morgan fingerprint density at radius 1 is 1.12 bits per heavy atom. The number of halogens is 1. The van der Waals surface area contributed by atoms with Gasteiger partial charge in [-0.15, -0.1) is 12.4 Å². The van der Waals surface area contributed by atoms with Gasteiger partial charge in [0.1, 0.15) is 5.82 Å². The highest BCUT2D eigenvalue weighted by molar-refractivity contribution is 5.85. The lowest BCUT2D eigenvalue weighted by molar-refractivity contribution is 0.407. The monoisotopic (exact) mass is 347 g/mol. The molecule has 1 aliphatic carbocycles. The first-order valence-corrected chi connectivity index (χ1v) is 8.42. The predicted molar refractivity (Wildman–Crippen MR) is 100 cm³/mol. The van der Waals surface area contributed by atoms with Crippen LogP contribution in [-0.2, 0) is 6.54 Å². The zero-order chi connectivity index (χ0) is 16.2. The predicted octanol–water partition coefficient (Wildman–Crippen LogP) is 3.83. The summed E-state index contributed by atoms with van der Waals surface area (Å²) in [5.41, 5.74) is 9.05. The van der Waals surface area contributed by atoms with Gasteiger partial charge in [-0.1, -0.05) is 25.3 Å². The van der Waals surface area contributed by atoms with Crippen LogP contribution < -0.4 is 10.6 Å². The van der Waals surface area contributed by atoms with Crippen molar-refractivity contribution in [2.45, 2.75) is 58.5 Å². The maximum atomic E-state index is 6.09. The molecule has 2 aromatic heterocycles. The molecule has 1 aliphatic rings. The minimum Gasteiger partial charge on any atom is -0.383 e. The van der Waals surface area contributed by atoms with Gasteiger partial charge in [-0.3, -0.25) is 4.98 Å². The topological polar surface area (TPSA) is 67.9 Å². The highest BCUT2D eigenvalue weighted by Crippen LogP contribution is 2.28. The Morgan fingerprint density at radius 3 is 2.50 bits per heavy atom. The van der Waals surface area contributed by atoms with Crippen LogP contribution in [0.3, 0.4) is 0 Å². The first-order chi connectivity index (χ1) is 11.1. The molecule has 130 valence electrons. The third kappa shape index (κ3) is 4.15. The highest BCUT2D eigenvalue weighted by Gasteiger charge is 2.24. The Balaban J connectivity index is 0.00000208. The Bertz CT molecular complexity index is 633. The van der Waals surface area contributed by atoms with Gasteiger partial charge in [0, 0.05) is 23.5 Å². The lowest BCUT2D eigenvalue weighted by atomic mass is 9.94. The molecule has 0 unspecified atom stereocenters. The highest BCUT2D eigenvalue weighted by atomic mass is 35.5. The van der Waals surface area contributed by atoms with Gasteiger partial charge in [-0.25, -0.2) is 4.98 Å². The van der Waals surface area contributed by atoms with Gasteiger partial charge in [0.05, 0.1) is 12.2 Å². The second-order valence-electron chi connectivity index (χ2n) is 6.36. The number of pyridine rings is 1. The van der Waals surface area contributed by atoms with Crippen LogP contribution in [0.15, 0.2) is 24.4 Å². The molecule has 1 saturated carbocycles. The van der Waals surface area contributed by atoms with Crippen LogP contribution in [0.25, 0.3) is 0 Å². The summed E-state index contributed by atoms with van der Waals surface area (Å²) in [6.45, 7) is 4.70. The SMILES string of the molecule is Cc1nc(N(Cc2ccccn2)C2CCCCC2)nc(N)c1C.Cl. The molecule has 0 atom stereocenters. The fourth-order valence-electron chi connectivity index (χ4n) is 3.19. The smallest absolute Gasteiger partial charge is 0.228 e. The number of aryl methyl sites for hydroxylation is 1. The molecule has 24 heavy (non-hydrogen) atoms. The lowest BCUT2D eigenvalue weighted by Crippen LogP contribution is -2.38. The van der Waals surface area contributed by atoms with Crippen LogP contribution >= 0.6 is 12.4 Å². The van der Waals surface area contributed by atoms with Crippen LogP contribution in [0.2, 0.25) is 0 Å². The minimum atomic E-state index is 0. The second kappa shape index (κ2) is 8.29. The van der Waals surface area contributed by atoms with Crippen molar-refractivity contribution < 1.29 is 0 Å². The number of nitrogens with zero attached hydrogens (tertiary/aromatic N) is 4. The third-order valence-corrected chi connectivity index (χ3v) is 4.75. The average Bonchev–Trinajstić information content (AvgIpc) is 2.59. The Kier molecular flexibility index (Phi) is 6.37. The Hall–Kier alpha value is -1.88. The van der Waals surface area contributed by atoms with Crippen molar-refractivity contribution in [3.63, 3.8) is 0 Å². The summed E-state index contributed by atoms with van der Waals surface area (Å²) < 4.78 is 0. The Morgan fingerprint density at radius 2 is 1.88 bits per heavy atom. The van der Waals surface area contributed by atoms with Crippen molar-refractivity contribution in [3.8, 4) is 0 Å². The van der Waals surface area contributed by atoms with E-state index in [9.17, 15) is 0 Å². The standard InChI is InChI=1S/C18H25N5.ClH/c1-13-14(2)21-18(22-17(13)19)23(16-9-4-3-5-10-16)12-15-8-6-7-11-20-15;/h6-8,11,16H,3-5,9-10,12H2,1-2H3,(H2,19,21,22);1H. The number of anilines is 2. The first-order valence-electron chi connectivity index (χ1n) is 8.42. The first kappa shape index (κ1) is 18.5. The van der Waals surface area contributed by atoms with Crippen molar-refractivity contribution in [2.75, 3.05) is 10.6 Å². The summed E-state index contributed by atoms with van der Waals surface area (Å²) in [5.74, 6) is 1.32. The van der Waals surface area contributed by atoms with Gasteiger partial charge >= 0.3 is 0 Å². The lowest BCUT2D eigenvalue weighted by Gasteiger charge is -2.34. The quantitative estimate of drug-likeness (QED) is 0.910. The van der Waals surface area contributed by atoms with E-state index in [4.69, 9.17) is 10.7 Å². The number of nitrogens with two attached hydrogens (primary N) is 1. The van der Waals surface area contributed by atoms with E-state index in [1.54, 1.807) is 0 Å². The summed E-state index contributed by atoms with van der Waals surface area (Å²) in [4.78, 5) is 16.1. The van der Waals surface area contributed by atoms with Gasteiger partial charge in [-0.05, 0) is 38.8 Å². The number of rotatable bonds is 4. The van der Waals surface area contributed by atoms with E-state index in [1.807, 2.05) is 32.2 Å². The summed E-state index contributed by atoms with van der Waals surface area (Å²) >= 11 is 0. The van der Waals surface area contributed by atoms with E-state index < -0.39 is 0 Å². The van der Waals surface area contributed by atoms with E-state index in [0.717, 1.165) is 29.4 Å². The minimum absolute atomic E-state index is 0. The van der Waals surface area contributed by atoms with Crippen molar-refractivity contribution in [1.82, 2.24) is 15.0 Å². The summed E-state index contributed by atoms with van der Waals surface area (Å²) in [5, 5.41) is 0. The molecule has 1 fully saturated rings. The summed E-state index contributed by atoms with van der Waals surface area (Å²) in [7, 11) is 0. The van der Waals surface area contributed by atoms with Crippen molar-refractivity contribution in [3.05, 3.63) is 41.3 Å². The molecule has 2 aromatic rings. The van der Waals surface area contributed by atoms with Crippen molar-refractivity contribution >= 4 is 24.2 Å². The van der Waals surface area contributed by atoms with Gasteiger partial charge in [0.15, 0.2) is 0 Å². The third-order valence-electron chi connectivity index (χ3n) is 4.75. The van der Waals surface area contributed by atoms with E-state index in [0.29, 0.717) is 11.9 Å². The number of nitrogen functional groups attached to an aromatic ring is 1. The molecule has 6 heteroatoms. The number of hydrogen-bond donors (Lipinski definition) is 1. The molecule has 2 N–H and O–H groups in total. The molecule has 2 heterocycles. The summed E-state index contributed by atoms with van der Waals surface area (Å²) in [6, 6.07) is 6.49. The number of aromatic nitrogens is 3. The van der Waals surface area contributed by atoms with E-state index in [-0.39, 0.29) is 12.4 Å². The van der Waals surface area contributed by atoms with Crippen LogP contribution in [0, 0.1) is 13.8 Å².